The molecule has 2 unspecified atom stereocenters. The minimum absolute atomic E-state index is 0.0939. The summed E-state index contributed by atoms with van der Waals surface area (Å²) in [5.41, 5.74) is -0.249. The van der Waals surface area contributed by atoms with Crippen LogP contribution in [0, 0.1) is 0 Å². The van der Waals surface area contributed by atoms with Crippen LogP contribution in [0.4, 0.5) is 0 Å². The Kier molecular flexibility index (Phi) is 4.02. The van der Waals surface area contributed by atoms with E-state index in [0.29, 0.717) is 6.54 Å². The van der Waals surface area contributed by atoms with Gasteiger partial charge in [0.2, 0.25) is 0 Å². The number of aliphatic hydroxyl groups is 2. The summed E-state index contributed by atoms with van der Waals surface area (Å²) >= 11 is 1.66. The third kappa shape index (κ3) is 2.42. The number of likely N-dealkylation sites (N-methyl/N-ethyl adjacent to an activating group) is 1. The van der Waals surface area contributed by atoms with Crippen LogP contribution >= 0.6 is 11.3 Å². The lowest BCUT2D eigenvalue weighted by Crippen LogP contribution is -2.49. The fourth-order valence-corrected chi connectivity index (χ4v) is 2.99. The fourth-order valence-electron chi connectivity index (χ4n) is 2.16. The lowest BCUT2D eigenvalue weighted by Gasteiger charge is -2.32. The van der Waals surface area contributed by atoms with Gasteiger partial charge in [0.25, 0.3) is 0 Å². The first kappa shape index (κ1) is 13.5. The maximum atomic E-state index is 10.7. The van der Waals surface area contributed by atoms with Crippen LogP contribution in [0.1, 0.15) is 19.4 Å². The second-order valence-electron chi connectivity index (χ2n) is 4.61. The summed E-state index contributed by atoms with van der Waals surface area (Å²) in [6.45, 7) is 4.32. The zero-order chi connectivity index (χ0) is 13.2. The Hall–Kier alpha value is -0.940. The van der Waals surface area contributed by atoms with Crippen LogP contribution in [0.3, 0.4) is 0 Å². The lowest BCUT2D eigenvalue weighted by molar-refractivity contribution is -0.00508. The monoisotopic (exact) mass is 265 g/mol. The van der Waals surface area contributed by atoms with Crippen molar-refractivity contribution >= 4 is 21.4 Å². The first-order chi connectivity index (χ1) is 8.59. The Morgan fingerprint density at radius 2 is 2.17 bits per heavy atom. The molecule has 0 saturated carbocycles. The lowest BCUT2D eigenvalue weighted by atomic mass is 9.88. The standard InChI is InChI=1S/C14H19NO2S/c1-3-15-13(9-16)14(2,17)11-5-4-10-6-7-18-12(10)8-11/h4-8,13,15-17H,3,9H2,1-2H3. The molecule has 1 heterocycles. The topological polar surface area (TPSA) is 52.5 Å². The summed E-state index contributed by atoms with van der Waals surface area (Å²) in [5.74, 6) is 0. The maximum absolute atomic E-state index is 10.7. The first-order valence-electron chi connectivity index (χ1n) is 6.14. The summed E-state index contributed by atoms with van der Waals surface area (Å²) in [6, 6.07) is 7.64. The highest BCUT2D eigenvalue weighted by Gasteiger charge is 2.32. The molecule has 4 heteroatoms. The number of hydrogen-bond donors (Lipinski definition) is 3. The van der Waals surface area contributed by atoms with E-state index in [1.165, 1.54) is 5.39 Å². The summed E-state index contributed by atoms with van der Waals surface area (Å²) in [5, 5.41) is 26.4. The number of benzene rings is 1. The Morgan fingerprint density at radius 1 is 1.39 bits per heavy atom. The van der Waals surface area contributed by atoms with Crippen molar-refractivity contribution < 1.29 is 10.2 Å². The minimum Gasteiger partial charge on any atom is -0.395 e. The fraction of sp³-hybridized carbons (Fsp3) is 0.429. The number of aliphatic hydroxyl groups excluding tert-OH is 1. The van der Waals surface area contributed by atoms with Gasteiger partial charge < -0.3 is 15.5 Å². The molecule has 2 aromatic rings. The zero-order valence-corrected chi connectivity index (χ0v) is 11.5. The zero-order valence-electron chi connectivity index (χ0n) is 10.7. The second kappa shape index (κ2) is 5.36. The van der Waals surface area contributed by atoms with Crippen molar-refractivity contribution in [2.24, 2.45) is 0 Å². The van der Waals surface area contributed by atoms with Gasteiger partial charge in [-0.1, -0.05) is 19.1 Å². The molecule has 0 bridgehead atoms. The Balaban J connectivity index is 2.37. The third-order valence-corrected chi connectivity index (χ3v) is 4.23. The number of rotatable bonds is 5. The van der Waals surface area contributed by atoms with E-state index >= 15 is 0 Å². The smallest absolute Gasteiger partial charge is 0.104 e. The molecular formula is C14H19NO2S. The SMILES string of the molecule is CCNC(CO)C(C)(O)c1ccc2ccsc2c1. The molecule has 1 aromatic heterocycles. The van der Waals surface area contributed by atoms with Crippen molar-refractivity contribution in [1.29, 1.82) is 0 Å². The number of thiophene rings is 1. The minimum atomic E-state index is -1.08. The second-order valence-corrected chi connectivity index (χ2v) is 5.56. The van der Waals surface area contributed by atoms with Crippen LogP contribution in [0.5, 0.6) is 0 Å². The van der Waals surface area contributed by atoms with Gasteiger partial charge in [-0.15, -0.1) is 11.3 Å². The Bertz CT molecular complexity index is 521. The largest absolute Gasteiger partial charge is 0.395 e. The van der Waals surface area contributed by atoms with E-state index < -0.39 is 5.60 Å². The van der Waals surface area contributed by atoms with Gasteiger partial charge in [0, 0.05) is 4.70 Å². The van der Waals surface area contributed by atoms with Gasteiger partial charge in [-0.2, -0.15) is 0 Å². The highest BCUT2D eigenvalue weighted by molar-refractivity contribution is 7.17. The van der Waals surface area contributed by atoms with Crippen LogP contribution in [0.25, 0.3) is 10.1 Å². The van der Waals surface area contributed by atoms with E-state index in [0.717, 1.165) is 10.3 Å². The van der Waals surface area contributed by atoms with E-state index in [9.17, 15) is 10.2 Å². The van der Waals surface area contributed by atoms with Crippen molar-refractivity contribution in [3.63, 3.8) is 0 Å². The average Bonchev–Trinajstić information content (AvgIpc) is 2.82. The van der Waals surface area contributed by atoms with Crippen LogP contribution in [0.15, 0.2) is 29.6 Å². The molecule has 0 fully saturated rings. The molecule has 0 saturated heterocycles. The molecule has 18 heavy (non-hydrogen) atoms. The normalized spacial score (nSPS) is 16.7. The van der Waals surface area contributed by atoms with Gasteiger partial charge in [-0.3, -0.25) is 0 Å². The van der Waals surface area contributed by atoms with Gasteiger partial charge in [-0.05, 0) is 41.9 Å². The van der Waals surface area contributed by atoms with Gasteiger partial charge in [0.15, 0.2) is 0 Å². The van der Waals surface area contributed by atoms with Crippen molar-refractivity contribution in [3.8, 4) is 0 Å². The molecule has 0 radical (unpaired) electrons. The van der Waals surface area contributed by atoms with Crippen molar-refractivity contribution in [2.45, 2.75) is 25.5 Å². The molecule has 0 aliphatic carbocycles. The molecule has 0 spiro atoms. The summed E-state index contributed by atoms with van der Waals surface area (Å²) in [6.07, 6.45) is 0. The molecule has 3 nitrogen and oxygen atoms in total. The molecule has 3 N–H and O–H groups in total. The summed E-state index contributed by atoms with van der Waals surface area (Å²) in [7, 11) is 0. The Morgan fingerprint density at radius 3 is 2.83 bits per heavy atom. The van der Waals surface area contributed by atoms with E-state index in [1.807, 2.05) is 30.5 Å². The average molecular weight is 265 g/mol. The van der Waals surface area contributed by atoms with E-state index in [4.69, 9.17) is 0 Å². The van der Waals surface area contributed by atoms with Gasteiger partial charge in [-0.25, -0.2) is 0 Å². The predicted molar refractivity (Wildman–Crippen MR) is 75.9 cm³/mol. The molecule has 2 rings (SSSR count). The highest BCUT2D eigenvalue weighted by Crippen LogP contribution is 2.30. The number of hydrogen-bond acceptors (Lipinski definition) is 4. The van der Waals surface area contributed by atoms with Crippen LogP contribution in [-0.2, 0) is 5.60 Å². The molecule has 0 aliphatic rings. The van der Waals surface area contributed by atoms with Crippen LogP contribution in [-0.4, -0.2) is 29.4 Å². The van der Waals surface area contributed by atoms with Crippen LogP contribution < -0.4 is 5.32 Å². The summed E-state index contributed by atoms with van der Waals surface area (Å²) in [4.78, 5) is 0. The first-order valence-corrected chi connectivity index (χ1v) is 7.02. The van der Waals surface area contributed by atoms with Crippen molar-refractivity contribution in [2.75, 3.05) is 13.2 Å². The predicted octanol–water partition coefficient (Wildman–Crippen LogP) is 2.08. The summed E-state index contributed by atoms with van der Waals surface area (Å²) < 4.78 is 1.15. The number of fused-ring (bicyclic) bond motifs is 1. The van der Waals surface area contributed by atoms with Gasteiger partial charge in [0.05, 0.1) is 12.6 Å². The van der Waals surface area contributed by atoms with Gasteiger partial charge >= 0.3 is 0 Å². The van der Waals surface area contributed by atoms with Crippen molar-refractivity contribution in [1.82, 2.24) is 5.32 Å². The molecule has 2 atom stereocenters. The van der Waals surface area contributed by atoms with E-state index in [1.54, 1.807) is 18.3 Å². The van der Waals surface area contributed by atoms with E-state index in [-0.39, 0.29) is 12.6 Å². The molecular weight excluding hydrogens is 246 g/mol. The highest BCUT2D eigenvalue weighted by atomic mass is 32.1. The third-order valence-electron chi connectivity index (χ3n) is 3.35. The molecule has 0 amide bonds. The van der Waals surface area contributed by atoms with Crippen molar-refractivity contribution in [3.05, 3.63) is 35.2 Å². The number of nitrogens with one attached hydrogen (secondary N) is 1. The molecule has 98 valence electrons. The van der Waals surface area contributed by atoms with E-state index in [2.05, 4.69) is 11.4 Å². The van der Waals surface area contributed by atoms with Crippen LogP contribution in [0.2, 0.25) is 0 Å². The molecule has 1 aromatic carbocycles. The quantitative estimate of drug-likeness (QED) is 0.776. The van der Waals surface area contributed by atoms with Gasteiger partial charge in [0.1, 0.15) is 5.60 Å². The Labute approximate surface area is 111 Å². The maximum Gasteiger partial charge on any atom is 0.104 e. The molecule has 0 aliphatic heterocycles.